The van der Waals surface area contributed by atoms with E-state index >= 15 is 0 Å². The first-order valence-corrected chi connectivity index (χ1v) is 7.41. The molecule has 2 heteroatoms. The minimum absolute atomic E-state index is 0.773. The van der Waals surface area contributed by atoms with Crippen LogP contribution in [0, 0.1) is 5.92 Å². The Kier molecular flexibility index (Phi) is 5.05. The molecule has 0 N–H and O–H groups in total. The molecular weight excluding hydrogens is 208 g/mol. The number of hydrogen-bond donors (Lipinski definition) is 0. The highest BCUT2D eigenvalue weighted by atomic mass is 15.3. The van der Waals surface area contributed by atoms with Gasteiger partial charge in [-0.15, -0.1) is 0 Å². The van der Waals surface area contributed by atoms with Gasteiger partial charge in [-0.1, -0.05) is 19.1 Å². The zero-order valence-corrected chi connectivity index (χ0v) is 11.6. The monoisotopic (exact) mass is 236 g/mol. The molecule has 0 radical (unpaired) electrons. The van der Waals surface area contributed by atoms with Gasteiger partial charge in [0.15, 0.2) is 0 Å². The molecule has 0 saturated carbocycles. The Morgan fingerprint density at radius 3 is 2.53 bits per heavy atom. The van der Waals surface area contributed by atoms with Crippen molar-refractivity contribution in [2.24, 2.45) is 5.92 Å². The summed E-state index contributed by atoms with van der Waals surface area (Å²) in [7, 11) is 0. The lowest BCUT2D eigenvalue weighted by molar-refractivity contribution is 0.0887. The molecule has 0 amide bonds. The highest BCUT2D eigenvalue weighted by Crippen LogP contribution is 2.20. The summed E-state index contributed by atoms with van der Waals surface area (Å²) >= 11 is 0. The van der Waals surface area contributed by atoms with Gasteiger partial charge in [0.25, 0.3) is 0 Å². The van der Waals surface area contributed by atoms with E-state index in [2.05, 4.69) is 35.8 Å². The van der Waals surface area contributed by atoms with E-state index in [1.54, 1.807) is 0 Å². The molecule has 1 aliphatic carbocycles. The predicted octanol–water partition coefficient (Wildman–Crippen LogP) is 2.76. The van der Waals surface area contributed by atoms with E-state index < -0.39 is 0 Å². The van der Waals surface area contributed by atoms with E-state index in [9.17, 15) is 0 Å². The van der Waals surface area contributed by atoms with Gasteiger partial charge in [0.05, 0.1) is 0 Å². The summed E-state index contributed by atoms with van der Waals surface area (Å²) in [5, 5.41) is 0. The van der Waals surface area contributed by atoms with E-state index in [4.69, 9.17) is 0 Å². The summed E-state index contributed by atoms with van der Waals surface area (Å²) < 4.78 is 0. The number of nitrogens with zero attached hydrogens (tertiary/aromatic N) is 2. The van der Waals surface area contributed by atoms with Gasteiger partial charge >= 0.3 is 0 Å². The zero-order valence-electron chi connectivity index (χ0n) is 11.6. The number of allylic oxidation sites excluding steroid dienone is 2. The average molecular weight is 236 g/mol. The second-order valence-electron chi connectivity index (χ2n) is 5.74. The van der Waals surface area contributed by atoms with Crippen LogP contribution in [0.4, 0.5) is 0 Å². The Hall–Kier alpha value is -0.340. The maximum atomic E-state index is 2.68. The van der Waals surface area contributed by atoms with E-state index in [1.165, 1.54) is 58.4 Å². The molecule has 0 aromatic rings. The number of rotatable bonds is 4. The second-order valence-corrected chi connectivity index (χ2v) is 5.74. The van der Waals surface area contributed by atoms with Crippen LogP contribution in [0.1, 0.15) is 39.5 Å². The molecule has 0 unspecified atom stereocenters. The van der Waals surface area contributed by atoms with Crippen molar-refractivity contribution in [2.45, 2.75) is 45.6 Å². The van der Waals surface area contributed by atoms with Crippen molar-refractivity contribution in [3.05, 3.63) is 12.2 Å². The molecule has 0 aromatic carbocycles. The van der Waals surface area contributed by atoms with Crippen molar-refractivity contribution in [3.63, 3.8) is 0 Å². The lowest BCUT2D eigenvalue weighted by Gasteiger charge is -2.39. The van der Waals surface area contributed by atoms with Crippen molar-refractivity contribution in [1.82, 2.24) is 9.80 Å². The molecule has 0 bridgehead atoms. The summed E-state index contributed by atoms with van der Waals surface area (Å²) in [5.41, 5.74) is 0. The summed E-state index contributed by atoms with van der Waals surface area (Å²) in [6.45, 7) is 11.1. The van der Waals surface area contributed by atoms with E-state index in [1.807, 2.05) is 0 Å². The van der Waals surface area contributed by atoms with E-state index in [0.29, 0.717) is 0 Å². The Balaban J connectivity index is 1.70. The van der Waals surface area contributed by atoms with Gasteiger partial charge in [-0.3, -0.25) is 4.90 Å². The molecule has 17 heavy (non-hydrogen) atoms. The van der Waals surface area contributed by atoms with Crippen molar-refractivity contribution in [1.29, 1.82) is 0 Å². The van der Waals surface area contributed by atoms with Gasteiger partial charge in [-0.2, -0.15) is 0 Å². The molecule has 1 heterocycles. The third kappa shape index (κ3) is 3.82. The quantitative estimate of drug-likeness (QED) is 0.693. The second kappa shape index (κ2) is 6.55. The van der Waals surface area contributed by atoms with Crippen LogP contribution in [0.3, 0.4) is 0 Å². The normalized spacial score (nSPS) is 29.4. The Morgan fingerprint density at radius 2 is 1.94 bits per heavy atom. The SMILES string of the molecule is CC[C@H](C)N1CCN(C[C@@H]2CC=CCC2)CC1. The first kappa shape index (κ1) is 13.1. The van der Waals surface area contributed by atoms with Crippen LogP contribution in [0.15, 0.2) is 12.2 Å². The Labute approximate surface area is 107 Å². The highest BCUT2D eigenvalue weighted by Gasteiger charge is 2.22. The van der Waals surface area contributed by atoms with Crippen LogP contribution in [0.5, 0.6) is 0 Å². The van der Waals surface area contributed by atoms with Crippen molar-refractivity contribution in [2.75, 3.05) is 32.7 Å². The fraction of sp³-hybridized carbons (Fsp3) is 0.867. The summed E-state index contributed by atoms with van der Waals surface area (Å²) in [6, 6.07) is 0.773. The maximum Gasteiger partial charge on any atom is 0.0113 e. The first-order valence-electron chi connectivity index (χ1n) is 7.41. The van der Waals surface area contributed by atoms with Crippen molar-refractivity contribution < 1.29 is 0 Å². The van der Waals surface area contributed by atoms with Gasteiger partial charge in [-0.25, -0.2) is 0 Å². The predicted molar refractivity (Wildman–Crippen MR) is 74.2 cm³/mol. The smallest absolute Gasteiger partial charge is 0.0113 e. The van der Waals surface area contributed by atoms with Gasteiger partial charge in [0.2, 0.25) is 0 Å². The minimum Gasteiger partial charge on any atom is -0.301 e. The molecular formula is C15H28N2. The lowest BCUT2D eigenvalue weighted by atomic mass is 9.94. The van der Waals surface area contributed by atoms with Crippen molar-refractivity contribution >= 4 is 0 Å². The topological polar surface area (TPSA) is 6.48 Å². The van der Waals surface area contributed by atoms with Crippen LogP contribution in [-0.4, -0.2) is 48.6 Å². The fourth-order valence-electron chi connectivity index (χ4n) is 3.03. The Morgan fingerprint density at radius 1 is 1.18 bits per heavy atom. The summed E-state index contributed by atoms with van der Waals surface area (Å²) in [5.74, 6) is 0.926. The standard InChI is InChI=1S/C15H28N2/c1-3-14(2)17-11-9-16(10-12-17)13-15-7-5-4-6-8-15/h4-5,14-15H,3,6-13H2,1-2H3/t14-,15+/m0/s1. The number of piperazine rings is 1. The molecule has 1 aliphatic heterocycles. The highest BCUT2D eigenvalue weighted by molar-refractivity contribution is 4.91. The molecule has 1 saturated heterocycles. The first-order chi connectivity index (χ1) is 8.29. The Bertz CT molecular complexity index is 241. The maximum absolute atomic E-state index is 2.68. The lowest BCUT2D eigenvalue weighted by Crippen LogP contribution is -2.50. The van der Waals surface area contributed by atoms with Gasteiger partial charge in [0, 0.05) is 38.8 Å². The molecule has 0 aromatic heterocycles. The van der Waals surface area contributed by atoms with Crippen LogP contribution in [0.25, 0.3) is 0 Å². The molecule has 0 spiro atoms. The van der Waals surface area contributed by atoms with Crippen LogP contribution >= 0.6 is 0 Å². The van der Waals surface area contributed by atoms with E-state index in [0.717, 1.165) is 12.0 Å². The van der Waals surface area contributed by atoms with Gasteiger partial charge in [0.1, 0.15) is 0 Å². The van der Waals surface area contributed by atoms with Crippen molar-refractivity contribution in [3.8, 4) is 0 Å². The fourth-order valence-corrected chi connectivity index (χ4v) is 3.03. The summed E-state index contributed by atoms with van der Waals surface area (Å²) in [6.07, 6.45) is 10.0. The molecule has 1 fully saturated rings. The molecule has 2 aliphatic rings. The van der Waals surface area contributed by atoms with E-state index in [-0.39, 0.29) is 0 Å². The third-order valence-corrected chi connectivity index (χ3v) is 4.52. The van der Waals surface area contributed by atoms with Crippen LogP contribution in [0.2, 0.25) is 0 Å². The summed E-state index contributed by atoms with van der Waals surface area (Å²) in [4.78, 5) is 5.33. The largest absolute Gasteiger partial charge is 0.301 e. The minimum atomic E-state index is 0.773. The van der Waals surface area contributed by atoms with Crippen LogP contribution < -0.4 is 0 Å². The van der Waals surface area contributed by atoms with Crippen LogP contribution in [-0.2, 0) is 0 Å². The molecule has 2 nitrogen and oxygen atoms in total. The number of hydrogen-bond acceptors (Lipinski definition) is 2. The van der Waals surface area contributed by atoms with Gasteiger partial charge < -0.3 is 4.90 Å². The molecule has 2 atom stereocenters. The average Bonchev–Trinajstić information content (AvgIpc) is 2.40. The molecule has 2 rings (SSSR count). The third-order valence-electron chi connectivity index (χ3n) is 4.52. The zero-order chi connectivity index (χ0) is 12.1. The van der Waals surface area contributed by atoms with Gasteiger partial charge in [-0.05, 0) is 38.5 Å². The molecule has 98 valence electrons.